The van der Waals surface area contributed by atoms with Crippen LogP contribution in [0.3, 0.4) is 0 Å². The highest BCUT2D eigenvalue weighted by atomic mass is 16.5. The van der Waals surface area contributed by atoms with Crippen LogP contribution in [0.5, 0.6) is 5.75 Å². The number of amides is 2. The van der Waals surface area contributed by atoms with Crippen LogP contribution in [0.2, 0.25) is 0 Å². The number of ether oxygens (including phenoxy) is 1. The Morgan fingerprint density at radius 1 is 1.38 bits per heavy atom. The minimum absolute atomic E-state index is 0.00212. The Morgan fingerprint density at radius 2 is 2.19 bits per heavy atom. The third kappa shape index (κ3) is 4.36. The molecule has 9 heteroatoms. The zero-order valence-electron chi connectivity index (χ0n) is 14.0. The van der Waals surface area contributed by atoms with E-state index < -0.39 is 5.91 Å². The zero-order chi connectivity index (χ0) is 18.4. The van der Waals surface area contributed by atoms with E-state index in [0.29, 0.717) is 37.2 Å². The molecule has 1 aromatic carbocycles. The molecule has 1 aliphatic heterocycles. The summed E-state index contributed by atoms with van der Waals surface area (Å²) < 4.78 is 5.90. The SMILES string of the molecule is N#Cc1cccc(OC2CCN(C(=O)CNC(=O)c3c[nH]nn3)CC2)c1. The maximum atomic E-state index is 12.2. The van der Waals surface area contributed by atoms with Crippen LogP contribution in [0.15, 0.2) is 30.5 Å². The van der Waals surface area contributed by atoms with Crippen LogP contribution in [-0.2, 0) is 4.79 Å². The molecule has 3 rings (SSSR count). The van der Waals surface area contributed by atoms with E-state index in [0.717, 1.165) is 0 Å². The lowest BCUT2D eigenvalue weighted by Gasteiger charge is -2.32. The van der Waals surface area contributed by atoms with Crippen LogP contribution in [-0.4, -0.2) is 57.9 Å². The van der Waals surface area contributed by atoms with E-state index in [2.05, 4.69) is 26.8 Å². The fourth-order valence-electron chi connectivity index (χ4n) is 2.73. The summed E-state index contributed by atoms with van der Waals surface area (Å²) in [5.41, 5.74) is 0.697. The van der Waals surface area contributed by atoms with Crippen LogP contribution in [0, 0.1) is 11.3 Å². The second kappa shape index (κ2) is 8.11. The van der Waals surface area contributed by atoms with Gasteiger partial charge in [-0.3, -0.25) is 14.7 Å². The van der Waals surface area contributed by atoms with E-state index in [1.54, 1.807) is 23.1 Å². The molecule has 0 radical (unpaired) electrons. The Balaban J connectivity index is 1.43. The van der Waals surface area contributed by atoms with Gasteiger partial charge in [0.1, 0.15) is 11.9 Å². The van der Waals surface area contributed by atoms with Crippen molar-refractivity contribution < 1.29 is 14.3 Å². The zero-order valence-corrected chi connectivity index (χ0v) is 14.0. The number of hydrogen-bond donors (Lipinski definition) is 2. The summed E-state index contributed by atoms with van der Waals surface area (Å²) in [5, 5.41) is 20.9. The van der Waals surface area contributed by atoms with Gasteiger partial charge < -0.3 is 15.0 Å². The molecular weight excluding hydrogens is 336 g/mol. The van der Waals surface area contributed by atoms with E-state index in [-0.39, 0.29) is 24.2 Å². The average molecular weight is 354 g/mol. The average Bonchev–Trinajstić information content (AvgIpc) is 3.21. The molecule has 1 saturated heterocycles. The van der Waals surface area contributed by atoms with Crippen molar-refractivity contribution in [1.29, 1.82) is 5.26 Å². The van der Waals surface area contributed by atoms with Crippen molar-refractivity contribution in [3.05, 3.63) is 41.7 Å². The molecule has 0 aliphatic carbocycles. The lowest BCUT2D eigenvalue weighted by molar-refractivity contribution is -0.131. The van der Waals surface area contributed by atoms with Gasteiger partial charge in [-0.25, -0.2) is 0 Å². The van der Waals surface area contributed by atoms with Gasteiger partial charge in [0.15, 0.2) is 5.69 Å². The van der Waals surface area contributed by atoms with Crippen molar-refractivity contribution in [2.45, 2.75) is 18.9 Å². The number of aromatic nitrogens is 3. The van der Waals surface area contributed by atoms with Crippen molar-refractivity contribution in [3.8, 4) is 11.8 Å². The monoisotopic (exact) mass is 354 g/mol. The predicted molar refractivity (Wildman–Crippen MR) is 90.1 cm³/mol. The number of nitriles is 1. The molecule has 2 N–H and O–H groups in total. The molecule has 2 amide bonds. The van der Waals surface area contributed by atoms with E-state index in [1.165, 1.54) is 6.20 Å². The molecule has 26 heavy (non-hydrogen) atoms. The van der Waals surface area contributed by atoms with Gasteiger partial charge in [0.25, 0.3) is 5.91 Å². The number of carbonyl (C=O) groups excluding carboxylic acids is 2. The van der Waals surface area contributed by atoms with Gasteiger partial charge in [0, 0.05) is 25.9 Å². The smallest absolute Gasteiger partial charge is 0.273 e. The summed E-state index contributed by atoms with van der Waals surface area (Å²) >= 11 is 0. The Bertz CT molecular complexity index is 806. The first-order chi connectivity index (χ1) is 12.7. The van der Waals surface area contributed by atoms with E-state index in [1.807, 2.05) is 6.07 Å². The maximum Gasteiger partial charge on any atom is 0.273 e. The van der Waals surface area contributed by atoms with Crippen molar-refractivity contribution in [2.75, 3.05) is 19.6 Å². The van der Waals surface area contributed by atoms with Crippen LogP contribution >= 0.6 is 0 Å². The Morgan fingerprint density at radius 3 is 2.88 bits per heavy atom. The molecule has 2 aromatic rings. The molecule has 0 spiro atoms. The summed E-state index contributed by atoms with van der Waals surface area (Å²) in [6.45, 7) is 1.03. The van der Waals surface area contributed by atoms with Crippen LogP contribution in [0.4, 0.5) is 0 Å². The number of piperidine rings is 1. The first kappa shape index (κ1) is 17.4. The van der Waals surface area contributed by atoms with E-state index in [9.17, 15) is 9.59 Å². The maximum absolute atomic E-state index is 12.2. The topological polar surface area (TPSA) is 124 Å². The first-order valence-corrected chi connectivity index (χ1v) is 8.25. The number of carbonyl (C=O) groups is 2. The molecule has 0 unspecified atom stereocenters. The number of nitrogens with one attached hydrogen (secondary N) is 2. The van der Waals surface area contributed by atoms with Crippen molar-refractivity contribution >= 4 is 11.8 Å². The predicted octanol–water partition coefficient (Wildman–Crippen LogP) is 0.476. The largest absolute Gasteiger partial charge is 0.490 e. The molecule has 0 atom stereocenters. The highest BCUT2D eigenvalue weighted by molar-refractivity contribution is 5.94. The van der Waals surface area contributed by atoms with Gasteiger partial charge >= 0.3 is 0 Å². The highest BCUT2D eigenvalue weighted by Crippen LogP contribution is 2.20. The summed E-state index contributed by atoms with van der Waals surface area (Å²) in [7, 11) is 0. The summed E-state index contributed by atoms with van der Waals surface area (Å²) in [5.74, 6) is 0.0724. The normalized spacial score (nSPS) is 14.5. The van der Waals surface area contributed by atoms with Crippen LogP contribution in [0.25, 0.3) is 0 Å². The first-order valence-electron chi connectivity index (χ1n) is 8.25. The minimum atomic E-state index is -0.442. The molecular formula is C17H18N6O3. The van der Waals surface area contributed by atoms with Crippen LogP contribution in [0.1, 0.15) is 28.9 Å². The summed E-state index contributed by atoms with van der Waals surface area (Å²) in [6, 6.07) is 9.11. The Hall–Kier alpha value is -3.41. The number of aromatic amines is 1. The molecule has 134 valence electrons. The highest BCUT2D eigenvalue weighted by Gasteiger charge is 2.24. The summed E-state index contributed by atoms with van der Waals surface area (Å²) in [6.07, 6.45) is 2.75. The van der Waals surface area contributed by atoms with Gasteiger partial charge in [-0.05, 0) is 18.2 Å². The molecule has 0 saturated carbocycles. The van der Waals surface area contributed by atoms with Crippen molar-refractivity contribution in [1.82, 2.24) is 25.6 Å². The fourth-order valence-corrected chi connectivity index (χ4v) is 2.73. The molecule has 1 aliphatic rings. The van der Waals surface area contributed by atoms with Crippen LogP contribution < -0.4 is 10.1 Å². The second-order valence-corrected chi connectivity index (χ2v) is 5.88. The fraction of sp³-hybridized carbons (Fsp3) is 0.353. The molecule has 0 bridgehead atoms. The number of likely N-dealkylation sites (tertiary alicyclic amines) is 1. The third-order valence-corrected chi connectivity index (χ3v) is 4.11. The molecule has 9 nitrogen and oxygen atoms in total. The number of hydrogen-bond acceptors (Lipinski definition) is 6. The summed E-state index contributed by atoms with van der Waals surface area (Å²) in [4.78, 5) is 25.7. The molecule has 2 heterocycles. The molecule has 1 fully saturated rings. The quantitative estimate of drug-likeness (QED) is 0.804. The Labute approximate surface area is 149 Å². The Kier molecular flexibility index (Phi) is 5.43. The number of H-pyrrole nitrogens is 1. The molecule has 1 aromatic heterocycles. The number of nitrogens with zero attached hydrogens (tertiary/aromatic N) is 4. The lowest BCUT2D eigenvalue weighted by atomic mass is 10.1. The third-order valence-electron chi connectivity index (χ3n) is 4.11. The van der Waals surface area contributed by atoms with Gasteiger partial charge in [-0.1, -0.05) is 11.3 Å². The van der Waals surface area contributed by atoms with E-state index >= 15 is 0 Å². The van der Waals surface area contributed by atoms with E-state index in [4.69, 9.17) is 10.00 Å². The standard InChI is InChI=1S/C17H18N6O3/c18-9-12-2-1-3-14(8-12)26-13-4-6-23(7-5-13)16(24)11-19-17(25)15-10-20-22-21-15/h1-3,8,10,13H,4-7,11H2,(H,19,25)(H,20,21,22). The van der Waals surface area contributed by atoms with Crippen molar-refractivity contribution in [3.63, 3.8) is 0 Å². The van der Waals surface area contributed by atoms with Gasteiger partial charge in [0.2, 0.25) is 5.91 Å². The second-order valence-electron chi connectivity index (χ2n) is 5.88. The number of benzene rings is 1. The van der Waals surface area contributed by atoms with Gasteiger partial charge in [0.05, 0.1) is 24.4 Å². The minimum Gasteiger partial charge on any atom is -0.490 e. The number of rotatable bonds is 5. The van der Waals surface area contributed by atoms with Gasteiger partial charge in [-0.15, -0.1) is 5.10 Å². The van der Waals surface area contributed by atoms with Crippen molar-refractivity contribution in [2.24, 2.45) is 0 Å². The lowest BCUT2D eigenvalue weighted by Crippen LogP contribution is -2.46. The van der Waals surface area contributed by atoms with Gasteiger partial charge in [-0.2, -0.15) is 5.26 Å².